The maximum absolute atomic E-state index is 12.1. The third-order valence-corrected chi connectivity index (χ3v) is 5.31. The van der Waals surface area contributed by atoms with Crippen LogP contribution in [0.2, 0.25) is 0 Å². The highest BCUT2D eigenvalue weighted by atomic mass is 32.2. The summed E-state index contributed by atoms with van der Waals surface area (Å²) >= 11 is 1.89. The predicted octanol–water partition coefficient (Wildman–Crippen LogP) is 2.25. The fraction of sp³-hybridized carbons (Fsp3) is 0.562. The second-order valence-electron chi connectivity index (χ2n) is 5.47. The van der Waals surface area contributed by atoms with Crippen molar-refractivity contribution in [2.45, 2.75) is 11.7 Å². The number of urea groups is 1. The molecule has 2 aliphatic rings. The standard InChI is InChI=1S/C16H22N2O4S/c1-20-8-5-17-16(19)18-6-4-15(23-9-7-18)12-2-3-13-14(10-12)22-11-21-13/h2-3,10,15H,4-9,11H2,1H3,(H,17,19). The van der Waals surface area contributed by atoms with Crippen molar-refractivity contribution in [3.8, 4) is 11.5 Å². The van der Waals surface area contributed by atoms with E-state index < -0.39 is 0 Å². The summed E-state index contributed by atoms with van der Waals surface area (Å²) in [5.74, 6) is 2.56. The van der Waals surface area contributed by atoms with Gasteiger partial charge in [0, 0.05) is 37.7 Å². The SMILES string of the molecule is COCCNC(=O)N1CCSC(c2ccc3c(c2)OCO3)CC1. The molecule has 2 aliphatic heterocycles. The summed E-state index contributed by atoms with van der Waals surface area (Å²) in [6.45, 7) is 2.90. The summed E-state index contributed by atoms with van der Waals surface area (Å²) in [5, 5.41) is 3.26. The summed E-state index contributed by atoms with van der Waals surface area (Å²) in [6.07, 6.45) is 0.933. The predicted molar refractivity (Wildman–Crippen MR) is 89.2 cm³/mol. The lowest BCUT2D eigenvalue weighted by molar-refractivity contribution is 0.174. The van der Waals surface area contributed by atoms with Crippen LogP contribution in [0, 0.1) is 0 Å². The van der Waals surface area contributed by atoms with Crippen LogP contribution in [0.1, 0.15) is 17.2 Å². The van der Waals surface area contributed by atoms with E-state index in [0.717, 1.165) is 36.8 Å². The first kappa shape index (κ1) is 16.3. The number of carbonyl (C=O) groups excluding carboxylic acids is 1. The zero-order valence-electron chi connectivity index (χ0n) is 13.2. The fourth-order valence-electron chi connectivity index (χ4n) is 2.72. The number of carbonyl (C=O) groups is 1. The quantitative estimate of drug-likeness (QED) is 0.853. The van der Waals surface area contributed by atoms with Gasteiger partial charge in [-0.1, -0.05) is 6.07 Å². The van der Waals surface area contributed by atoms with E-state index >= 15 is 0 Å². The molecule has 1 saturated heterocycles. The Kier molecular flexibility index (Phi) is 5.51. The molecule has 2 heterocycles. The zero-order chi connectivity index (χ0) is 16.1. The summed E-state index contributed by atoms with van der Waals surface area (Å²) in [7, 11) is 1.63. The van der Waals surface area contributed by atoms with Gasteiger partial charge in [-0.25, -0.2) is 4.79 Å². The molecule has 3 rings (SSSR count). The van der Waals surface area contributed by atoms with Gasteiger partial charge in [-0.3, -0.25) is 0 Å². The fourth-order valence-corrected chi connectivity index (χ4v) is 3.95. The number of nitrogens with one attached hydrogen (secondary N) is 1. The number of benzene rings is 1. The highest BCUT2D eigenvalue weighted by Crippen LogP contribution is 2.40. The van der Waals surface area contributed by atoms with Gasteiger partial charge in [-0.05, 0) is 24.1 Å². The maximum atomic E-state index is 12.1. The number of methoxy groups -OCH3 is 1. The highest BCUT2D eigenvalue weighted by Gasteiger charge is 2.23. The molecule has 0 bridgehead atoms. The Labute approximate surface area is 140 Å². The van der Waals surface area contributed by atoms with Crippen LogP contribution in [0.25, 0.3) is 0 Å². The molecule has 1 fully saturated rings. The van der Waals surface area contributed by atoms with Crippen molar-refractivity contribution in [1.82, 2.24) is 10.2 Å². The number of rotatable bonds is 4. The van der Waals surface area contributed by atoms with Crippen LogP contribution >= 0.6 is 11.8 Å². The molecule has 1 unspecified atom stereocenters. The first-order valence-corrected chi connectivity index (χ1v) is 8.85. The molecule has 0 aromatic heterocycles. The molecule has 2 amide bonds. The van der Waals surface area contributed by atoms with E-state index in [1.54, 1.807) is 7.11 Å². The topological polar surface area (TPSA) is 60.0 Å². The summed E-state index contributed by atoms with van der Waals surface area (Å²) < 4.78 is 15.8. The number of thioether (sulfide) groups is 1. The van der Waals surface area contributed by atoms with Crippen molar-refractivity contribution < 1.29 is 19.0 Å². The van der Waals surface area contributed by atoms with E-state index in [2.05, 4.69) is 17.4 Å². The average molecular weight is 338 g/mol. The molecule has 0 saturated carbocycles. The molecule has 6 nitrogen and oxygen atoms in total. The van der Waals surface area contributed by atoms with Crippen LogP contribution in [0.15, 0.2) is 18.2 Å². The molecular formula is C16H22N2O4S. The van der Waals surface area contributed by atoms with Crippen LogP contribution in [0.4, 0.5) is 4.79 Å². The second-order valence-corrected chi connectivity index (χ2v) is 6.78. The van der Waals surface area contributed by atoms with E-state index in [0.29, 0.717) is 25.2 Å². The van der Waals surface area contributed by atoms with Gasteiger partial charge in [0.05, 0.1) is 6.61 Å². The van der Waals surface area contributed by atoms with Gasteiger partial charge in [0.15, 0.2) is 11.5 Å². The molecule has 7 heteroatoms. The maximum Gasteiger partial charge on any atom is 0.317 e. The Morgan fingerprint density at radius 1 is 1.39 bits per heavy atom. The minimum atomic E-state index is -0.00557. The molecule has 23 heavy (non-hydrogen) atoms. The van der Waals surface area contributed by atoms with E-state index in [1.807, 2.05) is 22.7 Å². The summed E-state index contributed by atoms with van der Waals surface area (Å²) in [6, 6.07) is 6.13. The van der Waals surface area contributed by atoms with Crippen LogP contribution in [0.5, 0.6) is 11.5 Å². The second kappa shape index (κ2) is 7.79. The largest absolute Gasteiger partial charge is 0.454 e. The van der Waals surface area contributed by atoms with Gasteiger partial charge in [-0.2, -0.15) is 11.8 Å². The van der Waals surface area contributed by atoms with Crippen LogP contribution in [0.3, 0.4) is 0 Å². The number of fused-ring (bicyclic) bond motifs is 1. The van der Waals surface area contributed by atoms with Crippen molar-refractivity contribution in [3.63, 3.8) is 0 Å². The lowest BCUT2D eigenvalue weighted by Gasteiger charge is -2.20. The number of nitrogens with zero attached hydrogens (tertiary/aromatic N) is 1. The van der Waals surface area contributed by atoms with Gasteiger partial charge in [0.1, 0.15) is 0 Å². The smallest absolute Gasteiger partial charge is 0.317 e. The third kappa shape index (κ3) is 4.03. The molecule has 1 N–H and O–H groups in total. The first-order chi connectivity index (χ1) is 11.3. The minimum Gasteiger partial charge on any atom is -0.454 e. The Balaban J connectivity index is 1.57. The number of hydrogen-bond acceptors (Lipinski definition) is 5. The number of amides is 2. The van der Waals surface area contributed by atoms with Gasteiger partial charge in [0.25, 0.3) is 0 Å². The molecule has 1 aromatic carbocycles. The highest BCUT2D eigenvalue weighted by molar-refractivity contribution is 7.99. The number of ether oxygens (including phenoxy) is 3. The first-order valence-electron chi connectivity index (χ1n) is 7.81. The summed E-state index contributed by atoms with van der Waals surface area (Å²) in [5.41, 5.74) is 1.24. The van der Waals surface area contributed by atoms with Crippen LogP contribution in [-0.2, 0) is 4.74 Å². The average Bonchev–Trinajstić information content (AvgIpc) is 2.89. The normalized spacial score (nSPS) is 20.2. The number of hydrogen-bond donors (Lipinski definition) is 1. The van der Waals surface area contributed by atoms with E-state index in [-0.39, 0.29) is 6.03 Å². The minimum absolute atomic E-state index is 0.00557. The third-order valence-electron chi connectivity index (χ3n) is 3.98. The van der Waals surface area contributed by atoms with Crippen molar-refractivity contribution in [1.29, 1.82) is 0 Å². The van der Waals surface area contributed by atoms with Gasteiger partial charge >= 0.3 is 6.03 Å². The Morgan fingerprint density at radius 2 is 2.26 bits per heavy atom. The van der Waals surface area contributed by atoms with Crippen molar-refractivity contribution in [3.05, 3.63) is 23.8 Å². The van der Waals surface area contributed by atoms with E-state index in [9.17, 15) is 4.79 Å². The molecule has 0 aliphatic carbocycles. The van der Waals surface area contributed by atoms with Crippen molar-refractivity contribution >= 4 is 17.8 Å². The van der Waals surface area contributed by atoms with Crippen LogP contribution < -0.4 is 14.8 Å². The molecular weight excluding hydrogens is 316 g/mol. The molecule has 1 aromatic rings. The van der Waals surface area contributed by atoms with E-state index in [4.69, 9.17) is 14.2 Å². The molecule has 0 spiro atoms. The Hall–Kier alpha value is -1.60. The lowest BCUT2D eigenvalue weighted by atomic mass is 10.1. The molecule has 126 valence electrons. The van der Waals surface area contributed by atoms with Gasteiger partial charge in [-0.15, -0.1) is 0 Å². The lowest BCUT2D eigenvalue weighted by Crippen LogP contribution is -2.42. The monoisotopic (exact) mass is 338 g/mol. The summed E-state index contributed by atoms with van der Waals surface area (Å²) in [4.78, 5) is 14.0. The Morgan fingerprint density at radius 3 is 3.13 bits per heavy atom. The zero-order valence-corrected chi connectivity index (χ0v) is 14.1. The van der Waals surface area contributed by atoms with E-state index in [1.165, 1.54) is 5.56 Å². The van der Waals surface area contributed by atoms with Gasteiger partial charge < -0.3 is 24.4 Å². The molecule has 1 atom stereocenters. The van der Waals surface area contributed by atoms with Crippen molar-refractivity contribution in [2.75, 3.05) is 45.9 Å². The van der Waals surface area contributed by atoms with Crippen LogP contribution in [-0.4, -0.2) is 56.8 Å². The van der Waals surface area contributed by atoms with Crippen molar-refractivity contribution in [2.24, 2.45) is 0 Å². The Bertz CT molecular complexity index is 555. The van der Waals surface area contributed by atoms with Gasteiger partial charge in [0.2, 0.25) is 6.79 Å². The molecule has 0 radical (unpaired) electrons.